The summed E-state index contributed by atoms with van der Waals surface area (Å²) in [5.41, 5.74) is 1.02. The molecule has 1 aliphatic heterocycles. The van der Waals surface area contributed by atoms with Crippen LogP contribution >= 0.6 is 0 Å². The minimum absolute atomic E-state index is 0.699. The van der Waals surface area contributed by atoms with Crippen molar-refractivity contribution >= 4 is 5.96 Å². The summed E-state index contributed by atoms with van der Waals surface area (Å²) < 4.78 is 0. The predicted octanol–water partition coefficient (Wildman–Crippen LogP) is 1.62. The molecule has 116 valence electrons. The minimum Gasteiger partial charge on any atom is -0.355 e. The number of guanidine groups is 1. The van der Waals surface area contributed by atoms with Crippen molar-refractivity contribution in [3.8, 4) is 0 Å². The van der Waals surface area contributed by atoms with Gasteiger partial charge in [-0.05, 0) is 38.1 Å². The molecule has 0 unspecified atom stereocenters. The molecule has 21 heavy (non-hydrogen) atoms. The molecule has 5 heteroatoms. The molecule has 1 aliphatic rings. The summed E-state index contributed by atoms with van der Waals surface area (Å²) in [5, 5.41) is 6.67. The standard InChI is InChI=1S/C16H27N5/c1-17-16(20-14-15-8-4-5-9-18-15)19-10-13-21-11-6-2-3-7-12-21/h4-5,8-9H,2-3,6-7,10-14H2,1H3,(H2,17,19,20). The lowest BCUT2D eigenvalue weighted by molar-refractivity contribution is 0.289. The van der Waals surface area contributed by atoms with Crippen LogP contribution in [0, 0.1) is 0 Å². The van der Waals surface area contributed by atoms with Crippen LogP contribution < -0.4 is 10.6 Å². The smallest absolute Gasteiger partial charge is 0.191 e. The zero-order valence-electron chi connectivity index (χ0n) is 13.0. The molecule has 1 aromatic rings. The summed E-state index contributed by atoms with van der Waals surface area (Å²) >= 11 is 0. The lowest BCUT2D eigenvalue weighted by Crippen LogP contribution is -2.41. The van der Waals surface area contributed by atoms with Gasteiger partial charge >= 0.3 is 0 Å². The van der Waals surface area contributed by atoms with Crippen LogP contribution in [0.15, 0.2) is 29.4 Å². The van der Waals surface area contributed by atoms with E-state index in [1.165, 1.54) is 38.8 Å². The van der Waals surface area contributed by atoms with E-state index in [1.54, 1.807) is 7.05 Å². The number of nitrogens with one attached hydrogen (secondary N) is 2. The number of hydrogen-bond donors (Lipinski definition) is 2. The largest absolute Gasteiger partial charge is 0.355 e. The van der Waals surface area contributed by atoms with Gasteiger partial charge in [0.1, 0.15) is 0 Å². The summed E-state index contributed by atoms with van der Waals surface area (Å²) in [6.07, 6.45) is 7.26. The highest BCUT2D eigenvalue weighted by molar-refractivity contribution is 5.79. The Balaban J connectivity index is 1.65. The third-order valence-corrected chi connectivity index (χ3v) is 3.81. The minimum atomic E-state index is 0.699. The fourth-order valence-corrected chi connectivity index (χ4v) is 2.59. The first kappa shape index (κ1) is 15.8. The van der Waals surface area contributed by atoms with E-state index in [4.69, 9.17) is 0 Å². The van der Waals surface area contributed by atoms with Crippen molar-refractivity contribution in [1.82, 2.24) is 20.5 Å². The first-order chi connectivity index (χ1) is 10.4. The molecule has 2 heterocycles. The molecule has 0 aromatic carbocycles. The summed E-state index contributed by atoms with van der Waals surface area (Å²) in [7, 11) is 1.81. The first-order valence-corrected chi connectivity index (χ1v) is 7.95. The van der Waals surface area contributed by atoms with Gasteiger partial charge in [0.2, 0.25) is 0 Å². The molecule has 1 aromatic heterocycles. The highest BCUT2D eigenvalue weighted by atomic mass is 15.2. The topological polar surface area (TPSA) is 52.6 Å². The average Bonchev–Trinajstić information content (AvgIpc) is 2.80. The molecule has 2 N–H and O–H groups in total. The maximum Gasteiger partial charge on any atom is 0.191 e. The predicted molar refractivity (Wildman–Crippen MR) is 87.3 cm³/mol. The Morgan fingerprint density at radius 2 is 2.00 bits per heavy atom. The molecule has 2 rings (SSSR count). The Labute approximate surface area is 127 Å². The second-order valence-electron chi connectivity index (χ2n) is 5.43. The van der Waals surface area contributed by atoms with E-state index in [1.807, 2.05) is 24.4 Å². The molecule has 0 amide bonds. The van der Waals surface area contributed by atoms with Crippen LogP contribution in [-0.2, 0) is 6.54 Å². The fraction of sp³-hybridized carbons (Fsp3) is 0.625. The van der Waals surface area contributed by atoms with Gasteiger partial charge < -0.3 is 15.5 Å². The van der Waals surface area contributed by atoms with Crippen molar-refractivity contribution in [3.63, 3.8) is 0 Å². The van der Waals surface area contributed by atoms with Crippen LogP contribution in [0.1, 0.15) is 31.4 Å². The Morgan fingerprint density at radius 3 is 2.67 bits per heavy atom. The SMILES string of the molecule is CN=C(NCCN1CCCCCC1)NCc1ccccn1. The number of aromatic nitrogens is 1. The van der Waals surface area contributed by atoms with Crippen LogP contribution in [0.25, 0.3) is 0 Å². The van der Waals surface area contributed by atoms with Crippen LogP contribution in [0.2, 0.25) is 0 Å². The van der Waals surface area contributed by atoms with Crippen LogP contribution in [-0.4, -0.2) is 49.1 Å². The normalized spacial score (nSPS) is 17.3. The zero-order chi connectivity index (χ0) is 14.8. The summed E-state index contributed by atoms with van der Waals surface area (Å²) in [6, 6.07) is 5.94. The van der Waals surface area contributed by atoms with Crippen LogP contribution in [0.3, 0.4) is 0 Å². The van der Waals surface area contributed by atoms with Gasteiger partial charge in [0.15, 0.2) is 5.96 Å². The van der Waals surface area contributed by atoms with Crippen molar-refractivity contribution in [2.75, 3.05) is 33.2 Å². The van der Waals surface area contributed by atoms with Gasteiger partial charge in [-0.1, -0.05) is 18.9 Å². The summed E-state index contributed by atoms with van der Waals surface area (Å²) in [6.45, 7) is 5.19. The van der Waals surface area contributed by atoms with Crippen molar-refractivity contribution in [2.24, 2.45) is 4.99 Å². The molecule has 1 fully saturated rings. The molecule has 0 radical (unpaired) electrons. The zero-order valence-corrected chi connectivity index (χ0v) is 13.0. The molecule has 5 nitrogen and oxygen atoms in total. The van der Waals surface area contributed by atoms with E-state index in [2.05, 4.69) is 25.5 Å². The summed E-state index contributed by atoms with van der Waals surface area (Å²) in [5.74, 6) is 0.843. The number of nitrogens with zero attached hydrogens (tertiary/aromatic N) is 3. The average molecular weight is 289 g/mol. The molecular weight excluding hydrogens is 262 g/mol. The van der Waals surface area contributed by atoms with E-state index in [0.717, 1.165) is 24.7 Å². The molecule has 0 atom stereocenters. The van der Waals surface area contributed by atoms with Crippen LogP contribution in [0.5, 0.6) is 0 Å². The number of rotatable bonds is 5. The molecule has 0 spiro atoms. The monoisotopic (exact) mass is 289 g/mol. The van der Waals surface area contributed by atoms with E-state index < -0.39 is 0 Å². The van der Waals surface area contributed by atoms with Gasteiger partial charge in [0.05, 0.1) is 12.2 Å². The van der Waals surface area contributed by atoms with E-state index >= 15 is 0 Å². The Bertz CT molecular complexity index is 410. The van der Waals surface area contributed by atoms with Gasteiger partial charge in [-0.2, -0.15) is 0 Å². The van der Waals surface area contributed by atoms with Gasteiger partial charge in [0.25, 0.3) is 0 Å². The third kappa shape index (κ3) is 6.12. The molecule has 0 bridgehead atoms. The number of aliphatic imine (C=N–C) groups is 1. The highest BCUT2D eigenvalue weighted by Gasteiger charge is 2.08. The molecule has 1 saturated heterocycles. The molecular formula is C16H27N5. The second kappa shape index (κ2) is 9.34. The quantitative estimate of drug-likeness (QED) is 0.639. The van der Waals surface area contributed by atoms with Crippen molar-refractivity contribution < 1.29 is 0 Å². The highest BCUT2D eigenvalue weighted by Crippen LogP contribution is 2.08. The number of likely N-dealkylation sites (tertiary alicyclic amines) is 1. The van der Waals surface area contributed by atoms with E-state index in [9.17, 15) is 0 Å². The fourth-order valence-electron chi connectivity index (χ4n) is 2.59. The van der Waals surface area contributed by atoms with Gasteiger partial charge in [-0.3, -0.25) is 9.98 Å². The summed E-state index contributed by atoms with van der Waals surface area (Å²) in [4.78, 5) is 11.1. The first-order valence-electron chi connectivity index (χ1n) is 7.95. The number of pyridine rings is 1. The molecule has 0 aliphatic carbocycles. The molecule has 0 saturated carbocycles. The lowest BCUT2D eigenvalue weighted by atomic mass is 10.2. The van der Waals surface area contributed by atoms with Gasteiger partial charge in [0, 0.05) is 26.3 Å². The van der Waals surface area contributed by atoms with Crippen molar-refractivity contribution in [1.29, 1.82) is 0 Å². The van der Waals surface area contributed by atoms with Crippen molar-refractivity contribution in [2.45, 2.75) is 32.2 Å². The van der Waals surface area contributed by atoms with Crippen LogP contribution in [0.4, 0.5) is 0 Å². The van der Waals surface area contributed by atoms with E-state index in [-0.39, 0.29) is 0 Å². The lowest BCUT2D eigenvalue weighted by Gasteiger charge is -2.20. The third-order valence-electron chi connectivity index (χ3n) is 3.81. The maximum atomic E-state index is 4.30. The Kier molecular flexibility index (Phi) is 7.01. The maximum absolute atomic E-state index is 4.30. The number of hydrogen-bond acceptors (Lipinski definition) is 3. The second-order valence-corrected chi connectivity index (χ2v) is 5.43. The van der Waals surface area contributed by atoms with Crippen molar-refractivity contribution in [3.05, 3.63) is 30.1 Å². The van der Waals surface area contributed by atoms with Gasteiger partial charge in [-0.25, -0.2) is 0 Å². The van der Waals surface area contributed by atoms with Gasteiger partial charge in [-0.15, -0.1) is 0 Å². The van der Waals surface area contributed by atoms with E-state index in [0.29, 0.717) is 6.54 Å². The Morgan fingerprint density at radius 1 is 1.19 bits per heavy atom. The Hall–Kier alpha value is -1.62.